The minimum absolute atomic E-state index is 0.105. The van der Waals surface area contributed by atoms with Crippen LogP contribution in [0.15, 0.2) is 53.3 Å². The zero-order valence-electron chi connectivity index (χ0n) is 14.5. The van der Waals surface area contributed by atoms with Gasteiger partial charge in [-0.25, -0.2) is 4.98 Å². The predicted octanol–water partition coefficient (Wildman–Crippen LogP) is 3.30. The summed E-state index contributed by atoms with van der Waals surface area (Å²) in [5, 5.41) is 2.94. The van der Waals surface area contributed by atoms with Crippen LogP contribution in [0.2, 0.25) is 0 Å². The van der Waals surface area contributed by atoms with Crippen molar-refractivity contribution in [2.45, 2.75) is 33.2 Å². The van der Waals surface area contributed by atoms with Gasteiger partial charge >= 0.3 is 0 Å². The van der Waals surface area contributed by atoms with E-state index in [2.05, 4.69) is 17.2 Å². The smallest absolute Gasteiger partial charge is 0.272 e. The van der Waals surface area contributed by atoms with Gasteiger partial charge in [0.05, 0.1) is 11.0 Å². The number of hydrogen-bond acceptors (Lipinski definition) is 3. The van der Waals surface area contributed by atoms with Crippen LogP contribution in [-0.2, 0) is 17.8 Å². The Morgan fingerprint density at radius 1 is 1.12 bits per heavy atom. The summed E-state index contributed by atoms with van der Waals surface area (Å²) >= 11 is 0. The molecule has 0 radical (unpaired) electrons. The van der Waals surface area contributed by atoms with Crippen molar-refractivity contribution in [1.82, 2.24) is 9.55 Å². The van der Waals surface area contributed by atoms with Crippen molar-refractivity contribution in [3.05, 3.63) is 70.1 Å². The van der Waals surface area contributed by atoms with Gasteiger partial charge < -0.3 is 9.88 Å². The molecule has 0 atom stereocenters. The summed E-state index contributed by atoms with van der Waals surface area (Å²) < 4.78 is 1.63. The number of amides is 1. The molecular weight excluding hydrogens is 314 g/mol. The van der Waals surface area contributed by atoms with Crippen molar-refractivity contribution in [2.75, 3.05) is 5.32 Å². The van der Waals surface area contributed by atoms with Gasteiger partial charge in [-0.3, -0.25) is 9.59 Å². The molecule has 0 aliphatic rings. The zero-order chi connectivity index (χ0) is 17.8. The van der Waals surface area contributed by atoms with Crippen LogP contribution in [0.5, 0.6) is 0 Å². The lowest BCUT2D eigenvalue weighted by atomic mass is 10.1. The fourth-order valence-electron chi connectivity index (χ4n) is 2.92. The first-order valence-electron chi connectivity index (χ1n) is 8.44. The zero-order valence-corrected chi connectivity index (χ0v) is 14.5. The summed E-state index contributed by atoms with van der Waals surface area (Å²) in [7, 11) is 0. The maximum Gasteiger partial charge on any atom is 0.272 e. The fourth-order valence-corrected chi connectivity index (χ4v) is 2.92. The molecule has 128 valence electrons. The molecule has 0 spiro atoms. The average molecular weight is 335 g/mol. The molecule has 5 nitrogen and oxygen atoms in total. The van der Waals surface area contributed by atoms with Crippen LogP contribution in [0.25, 0.3) is 11.0 Å². The first-order chi connectivity index (χ1) is 12.1. The highest BCUT2D eigenvalue weighted by atomic mass is 16.2. The van der Waals surface area contributed by atoms with Gasteiger partial charge in [0.1, 0.15) is 5.69 Å². The van der Waals surface area contributed by atoms with Crippen LogP contribution in [-0.4, -0.2) is 15.5 Å². The summed E-state index contributed by atoms with van der Waals surface area (Å²) in [6.07, 6.45) is 1.08. The van der Waals surface area contributed by atoms with Gasteiger partial charge in [0, 0.05) is 18.7 Å². The van der Waals surface area contributed by atoms with Crippen molar-refractivity contribution >= 4 is 22.6 Å². The van der Waals surface area contributed by atoms with E-state index in [-0.39, 0.29) is 17.9 Å². The number of nitrogens with one attached hydrogen (secondary N) is 1. The first-order valence-corrected chi connectivity index (χ1v) is 8.44. The monoisotopic (exact) mass is 335 g/mol. The maximum atomic E-state index is 12.4. The topological polar surface area (TPSA) is 64.0 Å². The number of benzene rings is 2. The summed E-state index contributed by atoms with van der Waals surface area (Å²) in [6.45, 7) is 4.07. The predicted molar refractivity (Wildman–Crippen MR) is 99.8 cm³/mol. The fraction of sp³-hybridized carbons (Fsp3) is 0.250. The average Bonchev–Trinajstić information content (AvgIpc) is 2.62. The van der Waals surface area contributed by atoms with Crippen molar-refractivity contribution in [3.63, 3.8) is 0 Å². The van der Waals surface area contributed by atoms with Gasteiger partial charge in [-0.2, -0.15) is 0 Å². The standard InChI is InChI=1S/C20H21N3O2/c1-3-15-8-4-5-9-16(15)22-19(24)12-13-23-18-11-7-6-10-17(18)21-14(2)20(23)25/h4-11H,3,12-13H2,1-2H3,(H,22,24). The summed E-state index contributed by atoms with van der Waals surface area (Å²) in [5.41, 5.74) is 3.73. The quantitative estimate of drug-likeness (QED) is 0.778. The molecule has 5 heteroatoms. The van der Waals surface area contributed by atoms with Crippen LogP contribution >= 0.6 is 0 Å². The van der Waals surface area contributed by atoms with Gasteiger partial charge in [-0.1, -0.05) is 37.3 Å². The number of anilines is 1. The number of nitrogens with zero attached hydrogens (tertiary/aromatic N) is 2. The summed E-state index contributed by atoms with van der Waals surface area (Å²) in [5.74, 6) is -0.105. The second-order valence-electron chi connectivity index (χ2n) is 5.95. The molecule has 25 heavy (non-hydrogen) atoms. The molecular formula is C20H21N3O2. The number of fused-ring (bicyclic) bond motifs is 1. The van der Waals surface area contributed by atoms with E-state index in [4.69, 9.17) is 0 Å². The number of aryl methyl sites for hydroxylation is 3. The molecule has 1 aromatic heterocycles. The van der Waals surface area contributed by atoms with Gasteiger partial charge in [-0.05, 0) is 37.1 Å². The second kappa shape index (κ2) is 7.30. The third kappa shape index (κ3) is 3.60. The Morgan fingerprint density at radius 2 is 1.84 bits per heavy atom. The molecule has 1 amide bonds. The van der Waals surface area contributed by atoms with Crippen molar-refractivity contribution in [2.24, 2.45) is 0 Å². The molecule has 0 aliphatic heterocycles. The molecule has 3 aromatic rings. The molecule has 1 heterocycles. The van der Waals surface area contributed by atoms with Crippen LogP contribution in [0.3, 0.4) is 0 Å². The Hall–Kier alpha value is -2.95. The number of carbonyl (C=O) groups excluding carboxylic acids is 1. The van der Waals surface area contributed by atoms with Crippen LogP contribution in [0, 0.1) is 6.92 Å². The lowest BCUT2D eigenvalue weighted by molar-refractivity contribution is -0.116. The van der Waals surface area contributed by atoms with E-state index < -0.39 is 0 Å². The highest BCUT2D eigenvalue weighted by molar-refractivity contribution is 5.91. The molecule has 0 fully saturated rings. The van der Waals surface area contributed by atoms with Gasteiger partial charge in [0.2, 0.25) is 5.91 Å². The number of rotatable bonds is 5. The van der Waals surface area contributed by atoms with Gasteiger partial charge in [-0.15, -0.1) is 0 Å². The molecule has 1 N–H and O–H groups in total. The van der Waals surface area contributed by atoms with E-state index in [1.165, 1.54) is 0 Å². The highest BCUT2D eigenvalue weighted by Gasteiger charge is 2.10. The number of carbonyl (C=O) groups is 1. The minimum Gasteiger partial charge on any atom is -0.326 e. The van der Waals surface area contributed by atoms with E-state index in [9.17, 15) is 9.59 Å². The normalized spacial score (nSPS) is 10.8. The lowest BCUT2D eigenvalue weighted by Crippen LogP contribution is -2.26. The van der Waals surface area contributed by atoms with Gasteiger partial charge in [0.15, 0.2) is 0 Å². The molecule has 0 saturated heterocycles. The molecule has 3 rings (SSSR count). The Kier molecular flexibility index (Phi) is 4.93. The molecule has 0 unspecified atom stereocenters. The summed E-state index contributed by atoms with van der Waals surface area (Å²) in [4.78, 5) is 29.1. The third-order valence-corrected chi connectivity index (χ3v) is 4.25. The van der Waals surface area contributed by atoms with Gasteiger partial charge in [0.25, 0.3) is 5.56 Å². The van der Waals surface area contributed by atoms with Crippen molar-refractivity contribution in [1.29, 1.82) is 0 Å². The number of hydrogen-bond donors (Lipinski definition) is 1. The minimum atomic E-state index is -0.152. The number of aromatic nitrogens is 2. The maximum absolute atomic E-state index is 12.4. The number of para-hydroxylation sites is 3. The Balaban J connectivity index is 1.80. The molecule has 0 aliphatic carbocycles. The molecule has 0 saturated carbocycles. The van der Waals surface area contributed by atoms with Crippen LogP contribution < -0.4 is 10.9 Å². The Morgan fingerprint density at radius 3 is 2.64 bits per heavy atom. The lowest BCUT2D eigenvalue weighted by Gasteiger charge is -2.12. The van der Waals surface area contributed by atoms with Crippen LogP contribution in [0.1, 0.15) is 24.6 Å². The highest BCUT2D eigenvalue weighted by Crippen LogP contribution is 2.16. The van der Waals surface area contributed by atoms with E-state index >= 15 is 0 Å². The largest absolute Gasteiger partial charge is 0.326 e. The SMILES string of the molecule is CCc1ccccc1NC(=O)CCn1c(=O)c(C)nc2ccccc21. The van der Waals surface area contributed by atoms with E-state index in [0.717, 1.165) is 28.7 Å². The Bertz CT molecular complexity index is 976. The molecule has 0 bridgehead atoms. The third-order valence-electron chi connectivity index (χ3n) is 4.25. The van der Waals surface area contributed by atoms with Crippen molar-refractivity contribution in [3.8, 4) is 0 Å². The van der Waals surface area contributed by atoms with Crippen LogP contribution in [0.4, 0.5) is 5.69 Å². The second-order valence-corrected chi connectivity index (χ2v) is 5.95. The van der Waals surface area contributed by atoms with Crippen molar-refractivity contribution < 1.29 is 4.79 Å². The molecule has 2 aromatic carbocycles. The van der Waals surface area contributed by atoms with E-state index in [1.54, 1.807) is 11.5 Å². The first kappa shape index (κ1) is 16.9. The Labute approximate surface area is 146 Å². The van der Waals surface area contributed by atoms with E-state index in [1.807, 2.05) is 48.5 Å². The van der Waals surface area contributed by atoms with E-state index in [0.29, 0.717) is 12.2 Å². The summed E-state index contributed by atoms with van der Waals surface area (Å²) in [6, 6.07) is 15.2.